The Hall–Kier alpha value is -1.07. The first-order valence-corrected chi connectivity index (χ1v) is 8.17. The number of rotatable bonds is 2. The molecule has 1 aliphatic carbocycles. The Morgan fingerprint density at radius 3 is 2.36 bits per heavy atom. The lowest BCUT2D eigenvalue weighted by molar-refractivity contribution is -0.138. The molecule has 0 saturated heterocycles. The van der Waals surface area contributed by atoms with Crippen molar-refractivity contribution in [3.8, 4) is 0 Å². The summed E-state index contributed by atoms with van der Waals surface area (Å²) >= 11 is 0. The molecule has 3 rings (SSSR count). The molecule has 1 saturated carbocycles. The summed E-state index contributed by atoms with van der Waals surface area (Å²) < 4.78 is 39.8. The van der Waals surface area contributed by atoms with Crippen LogP contribution in [0, 0.1) is 0 Å². The highest BCUT2D eigenvalue weighted by Gasteiger charge is 2.41. The molecule has 1 heterocycles. The molecule has 0 bridgehead atoms. The van der Waals surface area contributed by atoms with E-state index in [2.05, 4.69) is 4.90 Å². The first kappa shape index (κ1) is 15.8. The number of benzene rings is 1. The van der Waals surface area contributed by atoms with Crippen molar-refractivity contribution in [1.29, 1.82) is 0 Å². The molecular weight excluding hydrogens is 289 g/mol. The molecule has 122 valence electrons. The van der Waals surface area contributed by atoms with Gasteiger partial charge >= 0.3 is 6.18 Å². The predicted octanol–water partition coefficient (Wildman–Crippen LogP) is 4.24. The van der Waals surface area contributed by atoms with Crippen LogP contribution in [-0.4, -0.2) is 17.5 Å². The Labute approximate surface area is 129 Å². The Kier molecular flexibility index (Phi) is 4.46. The highest BCUT2D eigenvalue weighted by atomic mass is 19.4. The lowest BCUT2D eigenvalue weighted by Gasteiger charge is -2.32. The number of nitrogens with zero attached hydrogens (tertiary/aromatic N) is 1. The Balaban J connectivity index is 1.93. The van der Waals surface area contributed by atoms with Crippen LogP contribution in [0.1, 0.15) is 61.3 Å². The van der Waals surface area contributed by atoms with Crippen molar-refractivity contribution < 1.29 is 13.2 Å². The summed E-state index contributed by atoms with van der Waals surface area (Å²) in [7, 11) is 0. The maximum Gasteiger partial charge on any atom is 0.416 e. The Morgan fingerprint density at radius 1 is 1.09 bits per heavy atom. The third-order valence-corrected chi connectivity index (χ3v) is 5.13. The van der Waals surface area contributed by atoms with Crippen molar-refractivity contribution in [2.45, 2.75) is 63.3 Å². The molecule has 1 aliphatic heterocycles. The van der Waals surface area contributed by atoms with Crippen LogP contribution < -0.4 is 5.73 Å². The molecule has 0 radical (unpaired) electrons. The van der Waals surface area contributed by atoms with Gasteiger partial charge in [-0.1, -0.05) is 37.8 Å². The van der Waals surface area contributed by atoms with E-state index in [9.17, 15) is 13.2 Å². The number of nitrogens with two attached hydrogens (primary N) is 1. The highest BCUT2D eigenvalue weighted by Crippen LogP contribution is 2.43. The van der Waals surface area contributed by atoms with Crippen molar-refractivity contribution >= 4 is 0 Å². The van der Waals surface area contributed by atoms with Gasteiger partial charge in [0.1, 0.15) is 0 Å². The molecule has 1 fully saturated rings. The topological polar surface area (TPSA) is 29.3 Å². The third-order valence-electron chi connectivity index (χ3n) is 5.13. The Bertz CT molecular complexity index is 519. The standard InChI is InChI=1S/C17H23F3N2/c18-17(19,20)15-9-5-8-13-14(15)11-22(16(13)10-21)12-6-3-1-2-4-7-12/h5,8-9,12,16H,1-4,6-7,10-11,21H2. The van der Waals surface area contributed by atoms with Crippen LogP contribution in [0.15, 0.2) is 18.2 Å². The second-order valence-electron chi connectivity index (χ2n) is 6.44. The van der Waals surface area contributed by atoms with E-state index >= 15 is 0 Å². The van der Waals surface area contributed by atoms with Crippen LogP contribution in [0.25, 0.3) is 0 Å². The van der Waals surface area contributed by atoms with Gasteiger partial charge < -0.3 is 5.73 Å². The van der Waals surface area contributed by atoms with E-state index in [4.69, 9.17) is 5.73 Å². The minimum atomic E-state index is -4.29. The molecule has 2 nitrogen and oxygen atoms in total. The van der Waals surface area contributed by atoms with Crippen LogP contribution in [0.2, 0.25) is 0 Å². The maximum atomic E-state index is 13.3. The summed E-state index contributed by atoms with van der Waals surface area (Å²) in [6.07, 6.45) is 2.67. The van der Waals surface area contributed by atoms with E-state index in [0.29, 0.717) is 24.7 Å². The maximum absolute atomic E-state index is 13.3. The predicted molar refractivity (Wildman–Crippen MR) is 80.3 cm³/mol. The molecule has 0 spiro atoms. The van der Waals surface area contributed by atoms with Gasteiger partial charge in [-0.05, 0) is 30.0 Å². The largest absolute Gasteiger partial charge is 0.416 e. The molecule has 5 heteroatoms. The fourth-order valence-corrected chi connectivity index (χ4v) is 4.07. The molecule has 2 aliphatic rings. The van der Waals surface area contributed by atoms with E-state index in [-0.39, 0.29) is 6.04 Å². The van der Waals surface area contributed by atoms with Gasteiger partial charge in [-0.2, -0.15) is 13.2 Å². The highest BCUT2D eigenvalue weighted by molar-refractivity contribution is 5.42. The van der Waals surface area contributed by atoms with Crippen molar-refractivity contribution in [2.75, 3.05) is 6.54 Å². The molecule has 22 heavy (non-hydrogen) atoms. The lowest BCUT2D eigenvalue weighted by Crippen LogP contribution is -2.36. The monoisotopic (exact) mass is 312 g/mol. The molecule has 1 atom stereocenters. The van der Waals surface area contributed by atoms with Gasteiger partial charge in [0.15, 0.2) is 0 Å². The van der Waals surface area contributed by atoms with Crippen molar-refractivity contribution in [3.63, 3.8) is 0 Å². The molecule has 0 amide bonds. The fraction of sp³-hybridized carbons (Fsp3) is 0.647. The zero-order chi connectivity index (χ0) is 15.7. The van der Waals surface area contributed by atoms with Crippen molar-refractivity contribution in [2.24, 2.45) is 5.73 Å². The van der Waals surface area contributed by atoms with E-state index in [1.54, 1.807) is 0 Å². The normalized spacial score (nSPS) is 24.3. The lowest BCUT2D eigenvalue weighted by atomic mass is 9.99. The first-order chi connectivity index (χ1) is 10.5. The van der Waals surface area contributed by atoms with Gasteiger partial charge in [-0.3, -0.25) is 4.90 Å². The van der Waals surface area contributed by atoms with Gasteiger partial charge in [0.2, 0.25) is 0 Å². The second kappa shape index (κ2) is 6.20. The van der Waals surface area contributed by atoms with Gasteiger partial charge in [0, 0.05) is 25.2 Å². The van der Waals surface area contributed by atoms with Crippen LogP contribution >= 0.6 is 0 Å². The molecule has 0 aromatic heterocycles. The van der Waals surface area contributed by atoms with Gasteiger partial charge in [0.05, 0.1) is 5.56 Å². The third kappa shape index (κ3) is 2.88. The average molecular weight is 312 g/mol. The molecular formula is C17H23F3N2. The van der Waals surface area contributed by atoms with Crippen LogP contribution in [-0.2, 0) is 12.7 Å². The molecule has 1 aromatic carbocycles. The summed E-state index contributed by atoms with van der Waals surface area (Å²) in [5.74, 6) is 0. The number of hydrogen-bond acceptors (Lipinski definition) is 2. The Morgan fingerprint density at radius 2 is 1.77 bits per heavy atom. The van der Waals surface area contributed by atoms with Crippen molar-refractivity contribution in [1.82, 2.24) is 4.90 Å². The minimum absolute atomic E-state index is 0.0691. The van der Waals surface area contributed by atoms with Crippen LogP contribution in [0.4, 0.5) is 13.2 Å². The summed E-state index contributed by atoms with van der Waals surface area (Å²) in [5, 5.41) is 0. The molecule has 1 aromatic rings. The number of halogens is 3. The molecule has 1 unspecified atom stereocenters. The fourth-order valence-electron chi connectivity index (χ4n) is 4.07. The average Bonchev–Trinajstić information content (AvgIpc) is 2.66. The van der Waals surface area contributed by atoms with Gasteiger partial charge in [-0.25, -0.2) is 0 Å². The summed E-state index contributed by atoms with van der Waals surface area (Å²) in [5.41, 5.74) is 6.65. The SMILES string of the molecule is NCC1c2cccc(C(F)(F)F)c2CN1C1CCCCCC1. The zero-order valence-electron chi connectivity index (χ0n) is 12.7. The van der Waals surface area contributed by atoms with Crippen LogP contribution in [0.5, 0.6) is 0 Å². The number of fused-ring (bicyclic) bond motifs is 1. The van der Waals surface area contributed by atoms with E-state index in [1.165, 1.54) is 37.8 Å². The molecule has 2 N–H and O–H groups in total. The van der Waals surface area contributed by atoms with Gasteiger partial charge in [-0.15, -0.1) is 0 Å². The number of hydrogen-bond donors (Lipinski definition) is 1. The summed E-state index contributed by atoms with van der Waals surface area (Å²) in [6.45, 7) is 0.766. The van der Waals surface area contributed by atoms with Crippen molar-refractivity contribution in [3.05, 3.63) is 34.9 Å². The summed E-state index contributed by atoms with van der Waals surface area (Å²) in [6, 6.07) is 4.83. The second-order valence-corrected chi connectivity index (χ2v) is 6.44. The quantitative estimate of drug-likeness (QED) is 0.828. The minimum Gasteiger partial charge on any atom is -0.329 e. The zero-order valence-corrected chi connectivity index (χ0v) is 12.7. The smallest absolute Gasteiger partial charge is 0.329 e. The van der Waals surface area contributed by atoms with E-state index in [1.807, 2.05) is 6.07 Å². The first-order valence-electron chi connectivity index (χ1n) is 8.17. The van der Waals surface area contributed by atoms with E-state index < -0.39 is 11.7 Å². The van der Waals surface area contributed by atoms with E-state index in [0.717, 1.165) is 18.4 Å². The van der Waals surface area contributed by atoms with Crippen LogP contribution in [0.3, 0.4) is 0 Å². The summed E-state index contributed by atoms with van der Waals surface area (Å²) in [4.78, 5) is 2.23. The van der Waals surface area contributed by atoms with Gasteiger partial charge in [0.25, 0.3) is 0 Å². The number of alkyl halides is 3.